The first-order valence-electron chi connectivity index (χ1n) is 6.09. The van der Waals surface area contributed by atoms with Crippen molar-refractivity contribution in [3.63, 3.8) is 0 Å². The van der Waals surface area contributed by atoms with Crippen molar-refractivity contribution in [2.45, 2.75) is 31.9 Å². The number of benzene rings is 1. The van der Waals surface area contributed by atoms with Crippen LogP contribution >= 0.6 is 0 Å². The van der Waals surface area contributed by atoms with Gasteiger partial charge in [0.25, 0.3) is 0 Å². The summed E-state index contributed by atoms with van der Waals surface area (Å²) in [4.78, 5) is 4.30. The smallest absolute Gasteiger partial charge is 0.229 e. The molecular weight excluding hydrogens is 230 g/mol. The molecule has 5 heteroatoms. The quantitative estimate of drug-likeness (QED) is 0.871. The Bertz CT molecular complexity index is 517. The Balaban J connectivity index is 1.58. The van der Waals surface area contributed by atoms with Crippen LogP contribution < -0.4 is 10.5 Å². The first-order chi connectivity index (χ1) is 8.85. The van der Waals surface area contributed by atoms with Crippen LogP contribution in [-0.4, -0.2) is 10.1 Å². The minimum absolute atomic E-state index is 0.332. The van der Waals surface area contributed by atoms with Gasteiger partial charge in [-0.05, 0) is 30.5 Å². The lowest BCUT2D eigenvalue weighted by molar-refractivity contribution is 0.285. The van der Waals surface area contributed by atoms with Crippen molar-refractivity contribution < 1.29 is 9.26 Å². The molecule has 2 N–H and O–H groups in total. The topological polar surface area (TPSA) is 74.2 Å². The highest BCUT2D eigenvalue weighted by Crippen LogP contribution is 2.38. The van der Waals surface area contributed by atoms with Gasteiger partial charge in [-0.15, -0.1) is 0 Å². The number of ether oxygens (including phenoxy) is 1. The van der Waals surface area contributed by atoms with E-state index in [1.807, 2.05) is 24.3 Å². The van der Waals surface area contributed by atoms with Gasteiger partial charge in [0.05, 0.1) is 0 Å². The molecule has 0 aliphatic heterocycles. The third-order valence-electron chi connectivity index (χ3n) is 2.94. The first kappa shape index (κ1) is 11.2. The van der Waals surface area contributed by atoms with Gasteiger partial charge >= 0.3 is 0 Å². The van der Waals surface area contributed by atoms with Gasteiger partial charge in [-0.3, -0.25) is 0 Å². The average Bonchev–Trinajstić information content (AvgIpc) is 3.16. The molecule has 2 aromatic rings. The van der Waals surface area contributed by atoms with Crippen LogP contribution in [0.15, 0.2) is 28.8 Å². The summed E-state index contributed by atoms with van der Waals surface area (Å²) in [6.07, 6.45) is 2.31. The van der Waals surface area contributed by atoms with Gasteiger partial charge in [-0.25, -0.2) is 0 Å². The van der Waals surface area contributed by atoms with E-state index in [0.717, 1.165) is 30.0 Å². The maximum absolute atomic E-state index is 5.58. The SMILES string of the molecule is NCc1ccc(OCc2noc(C3CC3)n2)cc1. The van der Waals surface area contributed by atoms with Gasteiger partial charge in [-0.2, -0.15) is 4.98 Å². The van der Waals surface area contributed by atoms with E-state index in [0.29, 0.717) is 24.9 Å². The summed E-state index contributed by atoms with van der Waals surface area (Å²) < 4.78 is 10.7. The van der Waals surface area contributed by atoms with Gasteiger partial charge in [0.2, 0.25) is 11.7 Å². The molecule has 0 amide bonds. The third-order valence-corrected chi connectivity index (χ3v) is 2.94. The molecule has 1 aliphatic rings. The van der Waals surface area contributed by atoms with Gasteiger partial charge in [-0.1, -0.05) is 17.3 Å². The zero-order valence-electron chi connectivity index (χ0n) is 10.0. The Morgan fingerprint density at radius 3 is 2.72 bits per heavy atom. The Morgan fingerprint density at radius 2 is 2.06 bits per heavy atom. The summed E-state index contributed by atoms with van der Waals surface area (Å²) in [5, 5.41) is 3.90. The summed E-state index contributed by atoms with van der Waals surface area (Å²) in [7, 11) is 0. The van der Waals surface area contributed by atoms with Crippen molar-refractivity contribution in [1.82, 2.24) is 10.1 Å². The first-order valence-corrected chi connectivity index (χ1v) is 6.09. The van der Waals surface area contributed by atoms with E-state index >= 15 is 0 Å². The minimum atomic E-state index is 0.332. The molecule has 0 spiro atoms. The van der Waals surface area contributed by atoms with E-state index in [1.54, 1.807) is 0 Å². The molecule has 5 nitrogen and oxygen atoms in total. The molecule has 0 saturated heterocycles. The van der Waals surface area contributed by atoms with E-state index in [-0.39, 0.29) is 0 Å². The van der Waals surface area contributed by atoms with E-state index in [1.165, 1.54) is 0 Å². The molecule has 1 saturated carbocycles. The van der Waals surface area contributed by atoms with Gasteiger partial charge in [0, 0.05) is 12.5 Å². The monoisotopic (exact) mass is 245 g/mol. The molecule has 3 rings (SSSR count). The molecule has 0 bridgehead atoms. The van der Waals surface area contributed by atoms with Crippen LogP contribution in [-0.2, 0) is 13.2 Å². The molecule has 0 unspecified atom stereocenters. The molecule has 18 heavy (non-hydrogen) atoms. The lowest BCUT2D eigenvalue weighted by Crippen LogP contribution is -1.99. The van der Waals surface area contributed by atoms with Crippen molar-refractivity contribution in [1.29, 1.82) is 0 Å². The molecule has 1 aromatic heterocycles. The van der Waals surface area contributed by atoms with E-state index in [4.69, 9.17) is 15.0 Å². The third kappa shape index (κ3) is 2.51. The Kier molecular flexibility index (Phi) is 2.98. The average molecular weight is 245 g/mol. The van der Waals surface area contributed by atoms with Crippen molar-refractivity contribution in [3.05, 3.63) is 41.5 Å². The fraction of sp³-hybridized carbons (Fsp3) is 0.385. The van der Waals surface area contributed by atoms with E-state index < -0.39 is 0 Å². The highest BCUT2D eigenvalue weighted by molar-refractivity contribution is 5.27. The van der Waals surface area contributed by atoms with Gasteiger partial charge in [0.15, 0.2) is 6.61 Å². The molecule has 1 heterocycles. The number of aromatic nitrogens is 2. The minimum Gasteiger partial charge on any atom is -0.485 e. The van der Waals surface area contributed by atoms with E-state index in [9.17, 15) is 0 Å². The molecule has 0 radical (unpaired) electrons. The summed E-state index contributed by atoms with van der Waals surface area (Å²) in [5.74, 6) is 2.60. The van der Waals surface area contributed by atoms with Gasteiger partial charge in [0.1, 0.15) is 5.75 Å². The van der Waals surface area contributed by atoms with Crippen LogP contribution in [0.1, 0.15) is 36.0 Å². The van der Waals surface area contributed by atoms with E-state index in [2.05, 4.69) is 10.1 Å². The van der Waals surface area contributed by atoms with Gasteiger partial charge < -0.3 is 15.0 Å². The van der Waals surface area contributed by atoms with Crippen molar-refractivity contribution in [2.75, 3.05) is 0 Å². The van der Waals surface area contributed by atoms with Crippen molar-refractivity contribution in [3.8, 4) is 5.75 Å². The van der Waals surface area contributed by atoms with Crippen LogP contribution in [0, 0.1) is 0 Å². The van der Waals surface area contributed by atoms with Crippen LogP contribution in [0.25, 0.3) is 0 Å². The predicted octanol–water partition coefficient (Wildman–Crippen LogP) is 1.98. The second kappa shape index (κ2) is 4.78. The zero-order chi connectivity index (χ0) is 12.4. The van der Waals surface area contributed by atoms with Crippen LogP contribution in [0.2, 0.25) is 0 Å². The standard InChI is InChI=1S/C13H15N3O2/c14-7-9-1-5-11(6-2-9)17-8-12-15-13(18-16-12)10-3-4-10/h1-2,5-6,10H,3-4,7-8,14H2. The Labute approximate surface area is 105 Å². The summed E-state index contributed by atoms with van der Waals surface area (Å²) in [6.45, 7) is 0.869. The highest BCUT2D eigenvalue weighted by Gasteiger charge is 2.29. The number of hydrogen-bond donors (Lipinski definition) is 1. The molecular formula is C13H15N3O2. The lowest BCUT2D eigenvalue weighted by atomic mass is 10.2. The highest BCUT2D eigenvalue weighted by atomic mass is 16.5. The lowest BCUT2D eigenvalue weighted by Gasteiger charge is -2.03. The van der Waals surface area contributed by atoms with Crippen LogP contribution in [0.4, 0.5) is 0 Å². The van der Waals surface area contributed by atoms with Crippen LogP contribution in [0.3, 0.4) is 0 Å². The second-order valence-electron chi connectivity index (χ2n) is 4.46. The zero-order valence-corrected chi connectivity index (χ0v) is 10.0. The van der Waals surface area contributed by atoms with Crippen molar-refractivity contribution >= 4 is 0 Å². The Morgan fingerprint density at radius 1 is 1.28 bits per heavy atom. The summed E-state index contributed by atoms with van der Waals surface area (Å²) in [6, 6.07) is 7.68. The summed E-state index contributed by atoms with van der Waals surface area (Å²) in [5.41, 5.74) is 6.61. The maximum Gasteiger partial charge on any atom is 0.229 e. The molecule has 0 atom stereocenters. The fourth-order valence-electron chi connectivity index (χ4n) is 1.69. The summed E-state index contributed by atoms with van der Waals surface area (Å²) >= 11 is 0. The molecule has 1 aliphatic carbocycles. The number of rotatable bonds is 5. The second-order valence-corrected chi connectivity index (χ2v) is 4.46. The predicted molar refractivity (Wildman–Crippen MR) is 64.9 cm³/mol. The van der Waals surface area contributed by atoms with Crippen molar-refractivity contribution in [2.24, 2.45) is 5.73 Å². The number of hydrogen-bond acceptors (Lipinski definition) is 5. The molecule has 1 aromatic carbocycles. The largest absolute Gasteiger partial charge is 0.485 e. The maximum atomic E-state index is 5.58. The molecule has 1 fully saturated rings. The number of nitrogens with two attached hydrogens (primary N) is 1. The number of nitrogens with zero attached hydrogens (tertiary/aromatic N) is 2. The molecule has 94 valence electrons. The Hall–Kier alpha value is -1.88. The fourth-order valence-corrected chi connectivity index (χ4v) is 1.69. The normalized spacial score (nSPS) is 14.7. The van der Waals surface area contributed by atoms with Crippen LogP contribution in [0.5, 0.6) is 5.75 Å².